The van der Waals surface area contributed by atoms with Gasteiger partial charge in [-0.15, -0.1) is 0 Å². The lowest BCUT2D eigenvalue weighted by Gasteiger charge is -2.17. The van der Waals surface area contributed by atoms with E-state index in [-0.39, 0.29) is 30.5 Å². The van der Waals surface area contributed by atoms with Crippen LogP contribution >= 0.6 is 0 Å². The van der Waals surface area contributed by atoms with Crippen LogP contribution in [-0.2, 0) is 14.3 Å². The fraction of sp³-hybridized carbons (Fsp3) is 0.304. The van der Waals surface area contributed by atoms with Gasteiger partial charge >= 0.3 is 0 Å². The lowest BCUT2D eigenvalue weighted by Crippen LogP contribution is -2.35. The first-order chi connectivity index (χ1) is 14.8. The third kappa shape index (κ3) is 4.86. The molecule has 1 aliphatic heterocycles. The van der Waals surface area contributed by atoms with Gasteiger partial charge in [-0.2, -0.15) is 0 Å². The standard InChI is InChI=1S/C23H25FN2O5/c1-14(2)31-12-11-26-22(27)20(15-5-7-16(24)8-6-15)21(23(26)28)25-18-10-9-17(29-3)13-19(18)30-4/h5-10,13-14,25H,11-12H2,1-4H3. The minimum absolute atomic E-state index is 0.0292. The molecule has 0 atom stereocenters. The highest BCUT2D eigenvalue weighted by atomic mass is 19.1. The summed E-state index contributed by atoms with van der Waals surface area (Å²) in [6, 6.07) is 10.5. The van der Waals surface area contributed by atoms with E-state index in [0.717, 1.165) is 4.90 Å². The Morgan fingerprint density at radius 3 is 2.32 bits per heavy atom. The first kappa shape index (κ1) is 22.3. The smallest absolute Gasteiger partial charge is 0.278 e. The molecule has 2 aromatic rings. The molecule has 7 nitrogen and oxygen atoms in total. The number of ether oxygens (including phenoxy) is 3. The van der Waals surface area contributed by atoms with Gasteiger partial charge < -0.3 is 19.5 Å². The second kappa shape index (κ2) is 9.61. The van der Waals surface area contributed by atoms with E-state index in [1.807, 2.05) is 13.8 Å². The number of anilines is 1. The predicted octanol–water partition coefficient (Wildman–Crippen LogP) is 3.46. The molecule has 0 spiro atoms. The van der Waals surface area contributed by atoms with Gasteiger partial charge in [0.25, 0.3) is 11.8 Å². The van der Waals surface area contributed by atoms with Crippen molar-refractivity contribution in [1.29, 1.82) is 0 Å². The van der Waals surface area contributed by atoms with Crippen LogP contribution in [0.4, 0.5) is 10.1 Å². The molecular weight excluding hydrogens is 403 g/mol. The number of halogens is 1. The van der Waals surface area contributed by atoms with E-state index in [0.29, 0.717) is 22.7 Å². The van der Waals surface area contributed by atoms with Gasteiger partial charge in [-0.3, -0.25) is 14.5 Å². The molecule has 1 aliphatic rings. The summed E-state index contributed by atoms with van der Waals surface area (Å²) >= 11 is 0. The second-order valence-corrected chi connectivity index (χ2v) is 7.13. The van der Waals surface area contributed by atoms with Crippen molar-refractivity contribution in [3.05, 3.63) is 59.5 Å². The molecule has 1 heterocycles. The predicted molar refractivity (Wildman–Crippen MR) is 114 cm³/mol. The van der Waals surface area contributed by atoms with Gasteiger partial charge in [0.1, 0.15) is 23.0 Å². The highest BCUT2D eigenvalue weighted by molar-refractivity contribution is 6.36. The molecular formula is C23H25FN2O5. The molecule has 8 heteroatoms. The van der Waals surface area contributed by atoms with Crippen molar-refractivity contribution in [1.82, 2.24) is 4.90 Å². The first-order valence-electron chi connectivity index (χ1n) is 9.82. The number of carbonyl (C=O) groups is 2. The van der Waals surface area contributed by atoms with Gasteiger partial charge in [-0.1, -0.05) is 12.1 Å². The van der Waals surface area contributed by atoms with E-state index >= 15 is 0 Å². The molecule has 0 bridgehead atoms. The lowest BCUT2D eigenvalue weighted by molar-refractivity contribution is -0.137. The van der Waals surface area contributed by atoms with Crippen LogP contribution in [0.1, 0.15) is 19.4 Å². The Hall–Kier alpha value is -3.39. The Labute approximate surface area is 180 Å². The molecule has 0 unspecified atom stereocenters. The average Bonchev–Trinajstić information content (AvgIpc) is 2.98. The maximum Gasteiger partial charge on any atom is 0.278 e. The van der Waals surface area contributed by atoms with Crippen molar-refractivity contribution in [2.45, 2.75) is 20.0 Å². The van der Waals surface area contributed by atoms with Crippen LogP contribution in [0.15, 0.2) is 48.2 Å². The largest absolute Gasteiger partial charge is 0.497 e. The third-order valence-corrected chi connectivity index (χ3v) is 4.74. The maximum absolute atomic E-state index is 13.4. The number of amides is 2. The minimum atomic E-state index is -0.491. The van der Waals surface area contributed by atoms with E-state index in [9.17, 15) is 14.0 Å². The van der Waals surface area contributed by atoms with E-state index in [4.69, 9.17) is 14.2 Å². The number of methoxy groups -OCH3 is 2. The Balaban J connectivity index is 2.00. The lowest BCUT2D eigenvalue weighted by atomic mass is 10.0. The zero-order valence-corrected chi connectivity index (χ0v) is 17.9. The molecule has 0 aliphatic carbocycles. The Morgan fingerprint density at radius 2 is 1.71 bits per heavy atom. The molecule has 0 radical (unpaired) electrons. The summed E-state index contributed by atoms with van der Waals surface area (Å²) in [4.78, 5) is 27.4. The van der Waals surface area contributed by atoms with Gasteiger partial charge in [0.2, 0.25) is 0 Å². The molecule has 31 heavy (non-hydrogen) atoms. The van der Waals surface area contributed by atoms with Crippen LogP contribution in [0.5, 0.6) is 11.5 Å². The fourth-order valence-electron chi connectivity index (χ4n) is 3.20. The van der Waals surface area contributed by atoms with Crippen molar-refractivity contribution >= 4 is 23.1 Å². The third-order valence-electron chi connectivity index (χ3n) is 4.74. The normalized spacial score (nSPS) is 13.9. The van der Waals surface area contributed by atoms with Crippen LogP contribution in [0.25, 0.3) is 5.57 Å². The number of nitrogens with zero attached hydrogens (tertiary/aromatic N) is 1. The maximum atomic E-state index is 13.4. The van der Waals surface area contributed by atoms with E-state index in [1.165, 1.54) is 38.5 Å². The fourth-order valence-corrected chi connectivity index (χ4v) is 3.20. The van der Waals surface area contributed by atoms with Crippen molar-refractivity contribution in [2.24, 2.45) is 0 Å². The van der Waals surface area contributed by atoms with E-state index in [2.05, 4.69) is 5.32 Å². The van der Waals surface area contributed by atoms with E-state index < -0.39 is 17.6 Å². The summed E-state index contributed by atoms with van der Waals surface area (Å²) in [6.07, 6.45) is -0.0292. The highest BCUT2D eigenvalue weighted by Crippen LogP contribution is 2.35. The number of benzene rings is 2. The first-order valence-corrected chi connectivity index (χ1v) is 9.82. The molecule has 2 aromatic carbocycles. The van der Waals surface area contributed by atoms with Gasteiger partial charge in [-0.25, -0.2) is 4.39 Å². The van der Waals surface area contributed by atoms with Crippen LogP contribution in [0, 0.1) is 5.82 Å². The van der Waals surface area contributed by atoms with Crippen LogP contribution in [0.2, 0.25) is 0 Å². The molecule has 0 saturated carbocycles. The zero-order chi connectivity index (χ0) is 22.5. The Bertz CT molecular complexity index is 1000. The van der Waals surface area contributed by atoms with Crippen molar-refractivity contribution in [3.8, 4) is 11.5 Å². The molecule has 0 fully saturated rings. The summed E-state index contributed by atoms with van der Waals surface area (Å²) in [7, 11) is 3.03. The van der Waals surface area contributed by atoms with Crippen molar-refractivity contribution in [3.63, 3.8) is 0 Å². The number of imide groups is 1. The Morgan fingerprint density at radius 1 is 1.00 bits per heavy atom. The number of nitrogens with one attached hydrogen (secondary N) is 1. The average molecular weight is 428 g/mol. The summed E-state index contributed by atoms with van der Waals surface area (Å²) in [5.74, 6) is -0.383. The van der Waals surface area contributed by atoms with E-state index in [1.54, 1.807) is 18.2 Å². The molecule has 1 N–H and O–H groups in total. The van der Waals surface area contributed by atoms with Crippen molar-refractivity contribution in [2.75, 3.05) is 32.7 Å². The van der Waals surface area contributed by atoms with Crippen molar-refractivity contribution < 1.29 is 28.2 Å². The summed E-state index contributed by atoms with van der Waals surface area (Å²) < 4.78 is 29.5. The van der Waals surface area contributed by atoms with Crippen LogP contribution < -0.4 is 14.8 Å². The minimum Gasteiger partial charge on any atom is -0.497 e. The topological polar surface area (TPSA) is 77.1 Å². The zero-order valence-electron chi connectivity index (χ0n) is 17.9. The molecule has 0 saturated heterocycles. The van der Waals surface area contributed by atoms with Crippen LogP contribution in [0.3, 0.4) is 0 Å². The van der Waals surface area contributed by atoms with Gasteiger partial charge in [0, 0.05) is 6.07 Å². The molecule has 0 aromatic heterocycles. The number of carbonyl (C=O) groups excluding carboxylic acids is 2. The summed E-state index contributed by atoms with van der Waals surface area (Å²) in [5, 5.41) is 3.04. The SMILES string of the molecule is COc1ccc(NC2=C(c3ccc(F)cc3)C(=O)N(CCOC(C)C)C2=O)c(OC)c1. The highest BCUT2D eigenvalue weighted by Gasteiger charge is 2.39. The Kier molecular flexibility index (Phi) is 6.91. The second-order valence-electron chi connectivity index (χ2n) is 7.13. The quantitative estimate of drug-likeness (QED) is 0.617. The van der Waals surface area contributed by atoms with Crippen LogP contribution in [-0.4, -0.2) is 50.2 Å². The number of hydrogen-bond acceptors (Lipinski definition) is 6. The summed E-state index contributed by atoms with van der Waals surface area (Å²) in [5.41, 5.74) is 1.17. The molecule has 164 valence electrons. The summed E-state index contributed by atoms with van der Waals surface area (Å²) in [6.45, 7) is 4.06. The van der Waals surface area contributed by atoms with Gasteiger partial charge in [0.15, 0.2) is 0 Å². The van der Waals surface area contributed by atoms with Gasteiger partial charge in [0.05, 0.1) is 44.7 Å². The molecule has 2 amide bonds. The number of rotatable bonds is 9. The molecule has 3 rings (SSSR count). The van der Waals surface area contributed by atoms with Gasteiger partial charge in [-0.05, 0) is 43.7 Å². The monoisotopic (exact) mass is 428 g/mol. The number of hydrogen-bond donors (Lipinski definition) is 1.